The Kier molecular flexibility index (Phi) is 5.13. The Labute approximate surface area is 179 Å². The molecule has 3 aliphatic rings. The van der Waals surface area contributed by atoms with Crippen molar-refractivity contribution in [3.8, 4) is 0 Å². The summed E-state index contributed by atoms with van der Waals surface area (Å²) in [5.74, 6) is 0.588. The molecule has 31 heavy (non-hydrogen) atoms. The number of H-pyrrole nitrogens is 1. The first-order chi connectivity index (χ1) is 15.1. The summed E-state index contributed by atoms with van der Waals surface area (Å²) in [5, 5.41) is 0. The Morgan fingerprint density at radius 2 is 1.87 bits per heavy atom. The Bertz CT molecular complexity index is 1090. The number of aromatic nitrogens is 3. The lowest BCUT2D eigenvalue weighted by molar-refractivity contribution is -0.133. The lowest BCUT2D eigenvalue weighted by atomic mass is 9.76. The Balaban J connectivity index is 1.33. The number of nitrogens with zero attached hydrogens (tertiary/aromatic N) is 4. The second-order valence-corrected chi connectivity index (χ2v) is 8.64. The molecule has 9 nitrogen and oxygen atoms in total. The van der Waals surface area contributed by atoms with Crippen molar-refractivity contribution in [3.05, 3.63) is 56.4 Å². The maximum atomic E-state index is 12.8. The van der Waals surface area contributed by atoms with Gasteiger partial charge in [-0.1, -0.05) is 6.07 Å². The Morgan fingerprint density at radius 1 is 1.10 bits per heavy atom. The number of hydrogen-bond acceptors (Lipinski definition) is 6. The highest BCUT2D eigenvalue weighted by Crippen LogP contribution is 2.44. The number of carbonyl (C=O) groups excluding carboxylic acids is 1. The monoisotopic (exact) mass is 425 g/mol. The standard InChI is InChI=1S/C22H27N5O4/c28-17-3-1-2-8-27(17)15-18(29)25-9-6-22(7-10-25)5-4-16-19(22)23-21(24-20(16)30)26-11-13-31-14-12-26/h1-3,8H,4-7,9-15H2,(H,23,24,30). The first-order valence-electron chi connectivity index (χ1n) is 11.0. The van der Waals surface area contributed by atoms with Gasteiger partial charge in [-0.3, -0.25) is 19.4 Å². The summed E-state index contributed by atoms with van der Waals surface area (Å²) in [6, 6.07) is 4.89. The van der Waals surface area contributed by atoms with Crippen LogP contribution in [0.5, 0.6) is 0 Å². The number of likely N-dealkylation sites (tertiary alicyclic amines) is 1. The van der Waals surface area contributed by atoms with Gasteiger partial charge in [-0.25, -0.2) is 4.98 Å². The number of pyridine rings is 1. The van der Waals surface area contributed by atoms with E-state index < -0.39 is 0 Å². The zero-order valence-electron chi connectivity index (χ0n) is 17.5. The fourth-order valence-corrected chi connectivity index (χ4v) is 5.07. The van der Waals surface area contributed by atoms with Crippen LogP contribution < -0.4 is 16.0 Å². The van der Waals surface area contributed by atoms with Gasteiger partial charge in [0.2, 0.25) is 11.9 Å². The van der Waals surface area contributed by atoms with E-state index in [1.807, 2.05) is 4.90 Å². The average Bonchev–Trinajstić information content (AvgIpc) is 3.15. The van der Waals surface area contributed by atoms with Gasteiger partial charge in [-0.2, -0.15) is 0 Å². The number of nitrogens with one attached hydrogen (secondary N) is 1. The molecule has 2 aliphatic heterocycles. The van der Waals surface area contributed by atoms with E-state index in [2.05, 4.69) is 9.88 Å². The molecule has 2 aromatic heterocycles. The quantitative estimate of drug-likeness (QED) is 0.758. The van der Waals surface area contributed by atoms with Crippen LogP contribution in [0.4, 0.5) is 5.95 Å². The predicted octanol–water partition coefficient (Wildman–Crippen LogP) is 0.275. The minimum Gasteiger partial charge on any atom is -0.378 e. The van der Waals surface area contributed by atoms with Crippen LogP contribution in [0.3, 0.4) is 0 Å². The number of morpholine rings is 1. The number of amides is 1. The Morgan fingerprint density at radius 3 is 2.61 bits per heavy atom. The molecule has 2 saturated heterocycles. The van der Waals surface area contributed by atoms with Gasteiger partial charge in [0, 0.05) is 49.4 Å². The lowest BCUT2D eigenvalue weighted by Gasteiger charge is -2.39. The number of aromatic amines is 1. The van der Waals surface area contributed by atoms with Crippen molar-refractivity contribution in [2.75, 3.05) is 44.3 Å². The summed E-state index contributed by atoms with van der Waals surface area (Å²) in [6.45, 7) is 3.98. The molecule has 0 saturated carbocycles. The van der Waals surface area contributed by atoms with Crippen LogP contribution in [0.15, 0.2) is 34.0 Å². The summed E-state index contributed by atoms with van der Waals surface area (Å²) in [6.07, 6.45) is 4.84. The number of carbonyl (C=O) groups is 1. The molecule has 0 atom stereocenters. The van der Waals surface area contributed by atoms with Crippen LogP contribution >= 0.6 is 0 Å². The van der Waals surface area contributed by atoms with Crippen molar-refractivity contribution in [1.29, 1.82) is 0 Å². The zero-order valence-corrected chi connectivity index (χ0v) is 17.5. The molecular weight excluding hydrogens is 398 g/mol. The van der Waals surface area contributed by atoms with Crippen LogP contribution in [-0.2, 0) is 27.9 Å². The zero-order chi connectivity index (χ0) is 21.4. The molecule has 2 fully saturated rings. The van der Waals surface area contributed by atoms with Crippen molar-refractivity contribution < 1.29 is 9.53 Å². The smallest absolute Gasteiger partial charge is 0.255 e. The van der Waals surface area contributed by atoms with Gasteiger partial charge >= 0.3 is 0 Å². The fourth-order valence-electron chi connectivity index (χ4n) is 5.07. The molecule has 164 valence electrons. The molecule has 0 aromatic carbocycles. The van der Waals surface area contributed by atoms with E-state index in [1.165, 1.54) is 10.6 Å². The number of ether oxygens (including phenoxy) is 1. The molecule has 1 aliphatic carbocycles. The number of fused-ring (bicyclic) bond motifs is 2. The first-order valence-corrected chi connectivity index (χ1v) is 11.0. The highest BCUT2D eigenvalue weighted by atomic mass is 16.5. The third kappa shape index (κ3) is 3.67. The van der Waals surface area contributed by atoms with Crippen LogP contribution in [0.25, 0.3) is 0 Å². The summed E-state index contributed by atoms with van der Waals surface area (Å²) in [7, 11) is 0. The van der Waals surface area contributed by atoms with E-state index in [-0.39, 0.29) is 29.0 Å². The van der Waals surface area contributed by atoms with Crippen molar-refractivity contribution in [2.24, 2.45) is 0 Å². The maximum Gasteiger partial charge on any atom is 0.255 e. The van der Waals surface area contributed by atoms with Gasteiger partial charge < -0.3 is 19.1 Å². The largest absolute Gasteiger partial charge is 0.378 e. The first kappa shape index (κ1) is 20.0. The molecule has 1 N–H and O–H groups in total. The molecule has 0 radical (unpaired) electrons. The highest BCUT2D eigenvalue weighted by Gasteiger charge is 2.44. The van der Waals surface area contributed by atoms with Crippen molar-refractivity contribution in [3.63, 3.8) is 0 Å². The van der Waals surface area contributed by atoms with E-state index >= 15 is 0 Å². The Hall–Kier alpha value is -2.94. The van der Waals surface area contributed by atoms with Crippen molar-refractivity contribution >= 4 is 11.9 Å². The van der Waals surface area contributed by atoms with Crippen molar-refractivity contribution in [2.45, 2.75) is 37.6 Å². The minimum absolute atomic E-state index is 0.0367. The fraction of sp³-hybridized carbons (Fsp3) is 0.545. The second-order valence-electron chi connectivity index (χ2n) is 8.64. The summed E-state index contributed by atoms with van der Waals surface area (Å²) in [5.41, 5.74) is 1.36. The van der Waals surface area contributed by atoms with Gasteiger partial charge in [0.1, 0.15) is 6.54 Å². The van der Waals surface area contributed by atoms with Crippen LogP contribution in [0.1, 0.15) is 30.5 Å². The van der Waals surface area contributed by atoms with Crippen LogP contribution in [0, 0.1) is 0 Å². The minimum atomic E-state index is -0.173. The molecule has 0 unspecified atom stereocenters. The van der Waals surface area contributed by atoms with E-state index in [0.717, 1.165) is 50.0 Å². The number of hydrogen-bond donors (Lipinski definition) is 1. The molecule has 5 rings (SSSR count). The topological polar surface area (TPSA) is 101 Å². The predicted molar refractivity (Wildman–Crippen MR) is 114 cm³/mol. The van der Waals surface area contributed by atoms with Crippen LogP contribution in [-0.4, -0.2) is 64.7 Å². The van der Waals surface area contributed by atoms with Crippen molar-refractivity contribution in [1.82, 2.24) is 19.4 Å². The van der Waals surface area contributed by atoms with Gasteiger partial charge in [-0.05, 0) is 31.7 Å². The van der Waals surface area contributed by atoms with Gasteiger partial charge in [0.15, 0.2) is 0 Å². The number of rotatable bonds is 3. The third-order valence-corrected chi connectivity index (χ3v) is 6.95. The average molecular weight is 425 g/mol. The van der Waals surface area contributed by atoms with E-state index in [4.69, 9.17) is 9.72 Å². The maximum absolute atomic E-state index is 12.8. The summed E-state index contributed by atoms with van der Waals surface area (Å²) >= 11 is 0. The summed E-state index contributed by atoms with van der Waals surface area (Å²) in [4.78, 5) is 49.2. The van der Waals surface area contributed by atoms with Crippen LogP contribution in [0.2, 0.25) is 0 Å². The molecule has 4 heterocycles. The molecule has 9 heteroatoms. The lowest BCUT2D eigenvalue weighted by Crippen LogP contribution is -2.46. The molecule has 1 spiro atoms. The van der Waals surface area contributed by atoms with E-state index in [0.29, 0.717) is 32.3 Å². The van der Waals surface area contributed by atoms with Gasteiger partial charge in [0.05, 0.1) is 18.9 Å². The van der Waals surface area contributed by atoms with Gasteiger partial charge in [-0.15, -0.1) is 0 Å². The van der Waals surface area contributed by atoms with E-state index in [1.54, 1.807) is 18.3 Å². The van der Waals surface area contributed by atoms with E-state index in [9.17, 15) is 14.4 Å². The number of piperidine rings is 1. The molecule has 0 bridgehead atoms. The number of anilines is 1. The summed E-state index contributed by atoms with van der Waals surface area (Å²) < 4.78 is 6.86. The third-order valence-electron chi connectivity index (χ3n) is 6.95. The SMILES string of the molecule is O=C(Cn1ccccc1=O)N1CCC2(CCc3c2nc(N2CCOCC2)[nH]c3=O)CC1. The molecule has 2 aromatic rings. The molecule has 1 amide bonds. The highest BCUT2D eigenvalue weighted by molar-refractivity contribution is 5.76. The second kappa shape index (κ2) is 7.96. The van der Waals surface area contributed by atoms with Gasteiger partial charge in [0.25, 0.3) is 11.1 Å². The molecular formula is C22H27N5O4. The normalized spacial score (nSPS) is 20.1.